The van der Waals surface area contributed by atoms with Crippen LogP contribution in [0.25, 0.3) is 0 Å². The van der Waals surface area contributed by atoms with E-state index < -0.39 is 0 Å². The van der Waals surface area contributed by atoms with Gasteiger partial charge in [0.2, 0.25) is 5.91 Å². The number of nitrogens with zero attached hydrogens (tertiary/aromatic N) is 1. The molecule has 2 N–H and O–H groups in total. The van der Waals surface area contributed by atoms with Gasteiger partial charge in [-0.1, -0.05) is 6.42 Å². The van der Waals surface area contributed by atoms with E-state index in [1.165, 1.54) is 12.1 Å². The van der Waals surface area contributed by atoms with Crippen LogP contribution in [0.5, 0.6) is 0 Å². The molecular weight excluding hydrogens is 219 g/mol. The number of carbonyl (C=O) groups is 1. The third-order valence-corrected chi connectivity index (χ3v) is 3.13. The van der Waals surface area contributed by atoms with Crippen molar-refractivity contribution in [3.63, 3.8) is 0 Å². The second-order valence-electron chi connectivity index (χ2n) is 4.33. The maximum Gasteiger partial charge on any atom is 0.226 e. The predicted octanol–water partition coefficient (Wildman–Crippen LogP) is 2.19. The fourth-order valence-electron chi connectivity index (χ4n) is 2.22. The van der Waals surface area contributed by atoms with Gasteiger partial charge in [0.25, 0.3) is 0 Å². The zero-order valence-corrected chi connectivity index (χ0v) is 9.79. The van der Waals surface area contributed by atoms with Crippen LogP contribution in [0.15, 0.2) is 18.2 Å². The molecule has 0 aromatic heterocycles. The van der Waals surface area contributed by atoms with E-state index in [4.69, 9.17) is 5.73 Å². The zero-order chi connectivity index (χ0) is 12.3. The summed E-state index contributed by atoms with van der Waals surface area (Å²) >= 11 is 0. The third kappa shape index (κ3) is 2.64. The van der Waals surface area contributed by atoms with E-state index in [1.807, 2.05) is 0 Å². The first-order valence-corrected chi connectivity index (χ1v) is 6.01. The van der Waals surface area contributed by atoms with Crippen LogP contribution in [0.2, 0.25) is 0 Å². The van der Waals surface area contributed by atoms with Gasteiger partial charge in [-0.25, -0.2) is 4.39 Å². The summed E-state index contributed by atoms with van der Waals surface area (Å²) in [6.07, 6.45) is 3.57. The summed E-state index contributed by atoms with van der Waals surface area (Å²) in [6.45, 7) is 0.953. The molecule has 0 bridgehead atoms. The Morgan fingerprint density at radius 3 is 2.88 bits per heavy atom. The predicted molar refractivity (Wildman–Crippen MR) is 65.1 cm³/mol. The van der Waals surface area contributed by atoms with Gasteiger partial charge in [0.15, 0.2) is 0 Å². The quantitative estimate of drug-likeness (QED) is 0.855. The molecule has 1 aromatic carbocycles. The molecule has 1 aromatic rings. The molecule has 1 fully saturated rings. The van der Waals surface area contributed by atoms with Crippen LogP contribution < -0.4 is 10.6 Å². The summed E-state index contributed by atoms with van der Waals surface area (Å²) in [6, 6.07) is 4.45. The second-order valence-corrected chi connectivity index (χ2v) is 4.33. The number of hydrogen-bond acceptors (Lipinski definition) is 2. The lowest BCUT2D eigenvalue weighted by Crippen LogP contribution is -2.31. The number of amides is 1. The number of nitrogens with two attached hydrogens (primary N) is 1. The fourth-order valence-corrected chi connectivity index (χ4v) is 2.22. The van der Waals surface area contributed by atoms with Gasteiger partial charge in [0.05, 0.1) is 0 Å². The smallest absolute Gasteiger partial charge is 0.226 e. The van der Waals surface area contributed by atoms with Crippen LogP contribution in [0, 0.1) is 5.82 Å². The van der Waals surface area contributed by atoms with Gasteiger partial charge in [0.1, 0.15) is 5.82 Å². The molecule has 0 aliphatic carbocycles. The average Bonchev–Trinajstić information content (AvgIpc) is 2.54. The Bertz CT molecular complexity index is 420. The topological polar surface area (TPSA) is 46.3 Å². The lowest BCUT2D eigenvalue weighted by atomic mass is 10.1. The molecule has 4 heteroatoms. The SMILES string of the molecule is NCc1cc(F)ccc1N1CCCCCC1=O. The summed E-state index contributed by atoms with van der Waals surface area (Å²) in [7, 11) is 0. The Morgan fingerprint density at radius 1 is 1.29 bits per heavy atom. The minimum absolute atomic E-state index is 0.115. The highest BCUT2D eigenvalue weighted by molar-refractivity contribution is 5.94. The van der Waals surface area contributed by atoms with Crippen molar-refractivity contribution >= 4 is 11.6 Å². The largest absolute Gasteiger partial charge is 0.326 e. The fraction of sp³-hybridized carbons (Fsp3) is 0.462. The van der Waals surface area contributed by atoms with E-state index in [0.29, 0.717) is 18.5 Å². The van der Waals surface area contributed by atoms with Crippen molar-refractivity contribution in [1.29, 1.82) is 0 Å². The molecule has 1 aliphatic heterocycles. The summed E-state index contributed by atoms with van der Waals surface area (Å²) in [5.74, 6) is -0.194. The number of anilines is 1. The van der Waals surface area contributed by atoms with Crippen molar-refractivity contribution in [2.75, 3.05) is 11.4 Å². The third-order valence-electron chi connectivity index (χ3n) is 3.13. The van der Waals surface area contributed by atoms with Crippen LogP contribution >= 0.6 is 0 Å². The highest BCUT2D eigenvalue weighted by Gasteiger charge is 2.20. The normalized spacial score (nSPS) is 17.1. The number of carbonyl (C=O) groups excluding carboxylic acids is 1. The lowest BCUT2D eigenvalue weighted by Gasteiger charge is -2.23. The lowest BCUT2D eigenvalue weighted by molar-refractivity contribution is -0.118. The molecule has 92 valence electrons. The first-order chi connectivity index (χ1) is 8.22. The maximum atomic E-state index is 13.1. The van der Waals surface area contributed by atoms with Gasteiger partial charge in [0, 0.05) is 25.2 Å². The molecule has 1 amide bonds. The Hall–Kier alpha value is -1.42. The zero-order valence-electron chi connectivity index (χ0n) is 9.79. The molecule has 2 rings (SSSR count). The van der Waals surface area contributed by atoms with Crippen molar-refractivity contribution in [2.24, 2.45) is 5.73 Å². The molecule has 17 heavy (non-hydrogen) atoms. The molecule has 3 nitrogen and oxygen atoms in total. The monoisotopic (exact) mass is 236 g/mol. The van der Waals surface area contributed by atoms with E-state index in [-0.39, 0.29) is 18.3 Å². The summed E-state index contributed by atoms with van der Waals surface area (Å²) in [5, 5.41) is 0. The van der Waals surface area contributed by atoms with Gasteiger partial charge in [-0.2, -0.15) is 0 Å². The summed E-state index contributed by atoms with van der Waals surface area (Å²) < 4.78 is 13.1. The average molecular weight is 236 g/mol. The highest BCUT2D eigenvalue weighted by atomic mass is 19.1. The van der Waals surface area contributed by atoms with Crippen LogP contribution in [0.1, 0.15) is 31.2 Å². The van der Waals surface area contributed by atoms with Crippen molar-refractivity contribution in [2.45, 2.75) is 32.2 Å². The number of benzene rings is 1. The van der Waals surface area contributed by atoms with Gasteiger partial charge in [-0.15, -0.1) is 0 Å². The molecule has 1 saturated heterocycles. The Morgan fingerprint density at radius 2 is 2.12 bits per heavy atom. The van der Waals surface area contributed by atoms with E-state index >= 15 is 0 Å². The van der Waals surface area contributed by atoms with E-state index in [9.17, 15) is 9.18 Å². The molecule has 1 aliphatic rings. The minimum Gasteiger partial charge on any atom is -0.326 e. The molecular formula is C13H17FN2O. The second kappa shape index (κ2) is 5.27. The van der Waals surface area contributed by atoms with Gasteiger partial charge in [-0.3, -0.25) is 4.79 Å². The first kappa shape index (κ1) is 12.0. The molecule has 0 spiro atoms. The molecule has 0 saturated carbocycles. The van der Waals surface area contributed by atoms with Crippen LogP contribution in [-0.2, 0) is 11.3 Å². The molecule has 0 atom stereocenters. The van der Waals surface area contributed by atoms with E-state index in [0.717, 1.165) is 24.9 Å². The minimum atomic E-state index is -0.309. The number of rotatable bonds is 2. The standard InChI is InChI=1S/C13H17FN2O/c14-11-5-6-12(10(8-11)9-15)16-7-3-1-2-4-13(16)17/h5-6,8H,1-4,7,9,15H2. The number of hydrogen-bond donors (Lipinski definition) is 1. The maximum absolute atomic E-state index is 13.1. The van der Waals surface area contributed by atoms with Crippen molar-refractivity contribution in [3.05, 3.63) is 29.6 Å². The Balaban J connectivity index is 2.34. The van der Waals surface area contributed by atoms with Gasteiger partial charge >= 0.3 is 0 Å². The van der Waals surface area contributed by atoms with Crippen molar-refractivity contribution in [3.8, 4) is 0 Å². The van der Waals surface area contributed by atoms with Crippen molar-refractivity contribution < 1.29 is 9.18 Å². The van der Waals surface area contributed by atoms with Crippen LogP contribution in [0.3, 0.4) is 0 Å². The van der Waals surface area contributed by atoms with Crippen LogP contribution in [0.4, 0.5) is 10.1 Å². The Labute approximate surface area is 100 Å². The molecule has 0 radical (unpaired) electrons. The van der Waals surface area contributed by atoms with Crippen molar-refractivity contribution in [1.82, 2.24) is 0 Å². The van der Waals surface area contributed by atoms with Gasteiger partial charge < -0.3 is 10.6 Å². The highest BCUT2D eigenvalue weighted by Crippen LogP contribution is 2.25. The van der Waals surface area contributed by atoms with Crippen LogP contribution in [-0.4, -0.2) is 12.5 Å². The van der Waals surface area contributed by atoms with Gasteiger partial charge in [-0.05, 0) is 36.6 Å². The Kier molecular flexibility index (Phi) is 3.74. The van der Waals surface area contributed by atoms with E-state index in [1.54, 1.807) is 11.0 Å². The summed E-state index contributed by atoms with van der Waals surface area (Å²) in [5.41, 5.74) is 7.07. The number of halogens is 1. The molecule has 1 heterocycles. The molecule has 0 unspecified atom stereocenters. The van der Waals surface area contributed by atoms with E-state index in [2.05, 4.69) is 0 Å². The first-order valence-electron chi connectivity index (χ1n) is 6.01. The summed E-state index contributed by atoms with van der Waals surface area (Å²) in [4.78, 5) is 13.7.